The van der Waals surface area contributed by atoms with Gasteiger partial charge in [-0.3, -0.25) is 0 Å². The second-order valence-corrected chi connectivity index (χ2v) is 13.4. The van der Waals surface area contributed by atoms with Gasteiger partial charge in [0.2, 0.25) is 0 Å². The first kappa shape index (κ1) is 28.3. The Balaban J connectivity index is 1.23. The van der Waals surface area contributed by atoms with Crippen molar-refractivity contribution in [3.8, 4) is 44.5 Å². The molecule has 8 aromatic rings. The Bertz CT molecular complexity index is 2410. The molecule has 0 spiro atoms. The third kappa shape index (κ3) is 4.47. The highest BCUT2D eigenvalue weighted by atomic mass is 14.9. The second kappa shape index (κ2) is 11.1. The van der Waals surface area contributed by atoms with Crippen LogP contribution in [0.1, 0.15) is 25.0 Å². The van der Waals surface area contributed by atoms with Gasteiger partial charge in [-0.2, -0.15) is 0 Å². The van der Waals surface area contributed by atoms with Crippen molar-refractivity contribution >= 4 is 32.9 Å². The van der Waals surface area contributed by atoms with Gasteiger partial charge < -0.3 is 5.32 Å². The van der Waals surface area contributed by atoms with Crippen LogP contribution >= 0.6 is 0 Å². The summed E-state index contributed by atoms with van der Waals surface area (Å²) in [6, 6.07) is 61.9. The normalized spacial score (nSPS) is 13.0. The summed E-state index contributed by atoms with van der Waals surface area (Å²) in [4.78, 5) is 0. The van der Waals surface area contributed by atoms with E-state index in [1.54, 1.807) is 0 Å². The predicted molar refractivity (Wildman–Crippen MR) is 205 cm³/mol. The minimum Gasteiger partial charge on any atom is -0.355 e. The van der Waals surface area contributed by atoms with E-state index in [0.29, 0.717) is 0 Å². The molecule has 1 aliphatic carbocycles. The highest BCUT2D eigenvalue weighted by molar-refractivity contribution is 6.21. The number of fused-ring (bicyclic) bond motifs is 5. The Labute approximate surface area is 282 Å². The maximum Gasteiger partial charge on any atom is 0.0467 e. The molecule has 0 amide bonds. The van der Waals surface area contributed by atoms with Crippen LogP contribution < -0.4 is 5.32 Å². The molecule has 0 radical (unpaired) electrons. The van der Waals surface area contributed by atoms with Crippen LogP contribution in [-0.4, -0.2) is 0 Å². The molecule has 9 rings (SSSR count). The number of para-hydroxylation sites is 1. The Morgan fingerprint density at radius 2 is 0.854 bits per heavy atom. The molecule has 0 unspecified atom stereocenters. The zero-order chi connectivity index (χ0) is 32.2. The number of benzene rings is 8. The molecule has 0 heterocycles. The van der Waals surface area contributed by atoms with E-state index in [1.165, 1.54) is 77.2 Å². The fourth-order valence-corrected chi connectivity index (χ4v) is 7.94. The lowest BCUT2D eigenvalue weighted by molar-refractivity contribution is 0.660. The lowest BCUT2D eigenvalue weighted by atomic mass is 9.81. The lowest BCUT2D eigenvalue weighted by Crippen LogP contribution is -2.15. The molecular weight excluding hydrogens is 579 g/mol. The number of hydrogen-bond donors (Lipinski definition) is 1. The van der Waals surface area contributed by atoms with Gasteiger partial charge in [0.15, 0.2) is 0 Å². The van der Waals surface area contributed by atoms with Gasteiger partial charge in [-0.15, -0.1) is 0 Å². The van der Waals surface area contributed by atoms with Gasteiger partial charge in [-0.05, 0) is 95.9 Å². The molecule has 0 bridgehead atoms. The zero-order valence-corrected chi connectivity index (χ0v) is 27.2. The van der Waals surface area contributed by atoms with Crippen molar-refractivity contribution in [1.29, 1.82) is 0 Å². The van der Waals surface area contributed by atoms with Gasteiger partial charge in [0, 0.05) is 22.4 Å². The summed E-state index contributed by atoms with van der Waals surface area (Å²) in [5.74, 6) is 0. The van der Waals surface area contributed by atoms with Crippen LogP contribution in [0.2, 0.25) is 0 Å². The smallest absolute Gasteiger partial charge is 0.0467 e. The van der Waals surface area contributed by atoms with Crippen LogP contribution in [0, 0.1) is 0 Å². The third-order valence-electron chi connectivity index (χ3n) is 10.3. The molecule has 1 N–H and O–H groups in total. The quantitative estimate of drug-likeness (QED) is 0.190. The van der Waals surface area contributed by atoms with Gasteiger partial charge in [0.05, 0.1) is 0 Å². The molecular formula is C47H35N. The molecule has 228 valence electrons. The van der Waals surface area contributed by atoms with E-state index in [4.69, 9.17) is 0 Å². The number of rotatable bonds is 5. The summed E-state index contributed by atoms with van der Waals surface area (Å²) < 4.78 is 0. The maximum atomic E-state index is 3.78. The fraction of sp³-hybridized carbons (Fsp3) is 0.0638. The highest BCUT2D eigenvalue weighted by Crippen LogP contribution is 2.52. The van der Waals surface area contributed by atoms with Crippen molar-refractivity contribution in [3.63, 3.8) is 0 Å². The van der Waals surface area contributed by atoms with Crippen molar-refractivity contribution in [2.75, 3.05) is 5.32 Å². The molecule has 0 saturated heterocycles. The van der Waals surface area contributed by atoms with Crippen molar-refractivity contribution in [2.45, 2.75) is 19.3 Å². The third-order valence-corrected chi connectivity index (χ3v) is 10.3. The average Bonchev–Trinajstić information content (AvgIpc) is 3.36. The first-order valence-corrected chi connectivity index (χ1v) is 16.8. The molecule has 1 nitrogen and oxygen atoms in total. The lowest BCUT2D eigenvalue weighted by Gasteiger charge is -2.23. The van der Waals surface area contributed by atoms with E-state index >= 15 is 0 Å². The van der Waals surface area contributed by atoms with Crippen molar-refractivity contribution in [1.82, 2.24) is 0 Å². The first-order chi connectivity index (χ1) is 23.6. The molecule has 0 atom stereocenters. The van der Waals surface area contributed by atoms with E-state index in [-0.39, 0.29) is 5.41 Å². The van der Waals surface area contributed by atoms with Crippen LogP contribution in [0.4, 0.5) is 11.4 Å². The van der Waals surface area contributed by atoms with Crippen LogP contribution in [-0.2, 0) is 5.41 Å². The summed E-state index contributed by atoms with van der Waals surface area (Å²) in [5, 5.41) is 8.87. The van der Waals surface area contributed by atoms with E-state index < -0.39 is 0 Å². The van der Waals surface area contributed by atoms with Crippen LogP contribution in [0.15, 0.2) is 170 Å². The van der Waals surface area contributed by atoms with Gasteiger partial charge in [0.25, 0.3) is 0 Å². The monoisotopic (exact) mass is 613 g/mol. The SMILES string of the molecule is CC1(C)c2ccccc2-c2cc(-c3ccc(-c4c5ccccc5c(-c5ccccc5)c5ccccc45)cc3)c(Nc3ccccc3)cc21. The molecule has 1 aliphatic rings. The molecule has 0 aromatic heterocycles. The maximum absolute atomic E-state index is 3.78. The average molecular weight is 614 g/mol. The van der Waals surface area contributed by atoms with E-state index in [9.17, 15) is 0 Å². The van der Waals surface area contributed by atoms with Gasteiger partial charge in [-0.1, -0.05) is 159 Å². The Kier molecular flexibility index (Phi) is 6.55. The summed E-state index contributed by atoms with van der Waals surface area (Å²) in [7, 11) is 0. The highest BCUT2D eigenvalue weighted by Gasteiger charge is 2.36. The van der Waals surface area contributed by atoms with E-state index in [1.807, 2.05) is 0 Å². The Hall–Kier alpha value is -5.92. The summed E-state index contributed by atoms with van der Waals surface area (Å²) in [6.45, 7) is 4.69. The molecule has 1 heteroatoms. The molecule has 0 fully saturated rings. The molecule has 48 heavy (non-hydrogen) atoms. The number of hydrogen-bond acceptors (Lipinski definition) is 1. The van der Waals surface area contributed by atoms with Gasteiger partial charge in [-0.25, -0.2) is 0 Å². The van der Waals surface area contributed by atoms with E-state index in [0.717, 1.165) is 11.4 Å². The summed E-state index contributed by atoms with van der Waals surface area (Å²) in [6.07, 6.45) is 0. The number of nitrogens with one attached hydrogen (secondary N) is 1. The minimum atomic E-state index is -0.0740. The topological polar surface area (TPSA) is 12.0 Å². The van der Waals surface area contributed by atoms with Crippen molar-refractivity contribution in [2.24, 2.45) is 0 Å². The molecule has 8 aromatic carbocycles. The van der Waals surface area contributed by atoms with Gasteiger partial charge >= 0.3 is 0 Å². The Morgan fingerprint density at radius 1 is 0.375 bits per heavy atom. The van der Waals surface area contributed by atoms with Gasteiger partial charge in [0.1, 0.15) is 0 Å². The van der Waals surface area contributed by atoms with Crippen LogP contribution in [0.5, 0.6) is 0 Å². The van der Waals surface area contributed by atoms with Crippen LogP contribution in [0.25, 0.3) is 66.1 Å². The van der Waals surface area contributed by atoms with E-state index in [2.05, 4.69) is 189 Å². The van der Waals surface area contributed by atoms with Crippen molar-refractivity contribution < 1.29 is 0 Å². The van der Waals surface area contributed by atoms with Crippen molar-refractivity contribution in [3.05, 3.63) is 181 Å². The first-order valence-electron chi connectivity index (χ1n) is 16.8. The molecule has 0 saturated carbocycles. The molecule has 0 aliphatic heterocycles. The predicted octanol–water partition coefficient (Wildman–Crippen LogP) is 13.0. The largest absolute Gasteiger partial charge is 0.355 e. The Morgan fingerprint density at radius 3 is 1.46 bits per heavy atom. The summed E-state index contributed by atoms with van der Waals surface area (Å²) in [5.41, 5.74) is 15.0. The second-order valence-electron chi connectivity index (χ2n) is 13.4. The zero-order valence-electron chi connectivity index (χ0n) is 27.2. The minimum absolute atomic E-state index is 0.0740. The summed E-state index contributed by atoms with van der Waals surface area (Å²) >= 11 is 0. The van der Waals surface area contributed by atoms with Crippen LogP contribution in [0.3, 0.4) is 0 Å². The fourth-order valence-electron chi connectivity index (χ4n) is 7.94. The number of anilines is 2. The standard InChI is InChI=1S/C47H35N/c1-47(2)42-24-14-13-19-35(42)41-29-40(44(30-43(41)47)48-34-17-7-4-8-18-34)31-25-27-33(28-26-31)46-38-22-11-9-20-36(38)45(32-15-5-3-6-16-32)37-21-10-12-23-39(37)46/h3-30,48H,1-2H3.